The predicted octanol–water partition coefficient (Wildman–Crippen LogP) is 1.38. The molecule has 0 saturated heterocycles. The Labute approximate surface area is 97.0 Å². The zero-order valence-corrected chi connectivity index (χ0v) is 8.84. The van der Waals surface area contributed by atoms with Crippen LogP contribution in [0.4, 0.5) is 5.69 Å². The van der Waals surface area contributed by atoms with E-state index in [1.807, 2.05) is 6.07 Å². The molecule has 86 valence electrons. The Kier molecular flexibility index (Phi) is 2.52. The predicted molar refractivity (Wildman–Crippen MR) is 58.1 cm³/mol. The van der Waals surface area contributed by atoms with E-state index in [9.17, 15) is 14.9 Å². The van der Waals surface area contributed by atoms with Crippen molar-refractivity contribution in [3.63, 3.8) is 0 Å². The lowest BCUT2D eigenvalue weighted by atomic mass is 10.1. The highest BCUT2D eigenvalue weighted by Gasteiger charge is 2.44. The first kappa shape index (κ1) is 11.1. The SMILES string of the molecule is N#CC1(NC(=O)c2cccc([N+](=O)[O-])c2)CC1. The number of non-ortho nitro benzene ring substituents is 1. The number of rotatable bonds is 3. The molecule has 17 heavy (non-hydrogen) atoms. The molecule has 1 fully saturated rings. The zero-order chi connectivity index (χ0) is 12.5. The molecule has 0 heterocycles. The summed E-state index contributed by atoms with van der Waals surface area (Å²) in [4.78, 5) is 21.7. The summed E-state index contributed by atoms with van der Waals surface area (Å²) in [6.45, 7) is 0. The van der Waals surface area contributed by atoms with Crippen LogP contribution in [0.3, 0.4) is 0 Å². The number of amides is 1. The number of hydrogen-bond acceptors (Lipinski definition) is 4. The van der Waals surface area contributed by atoms with E-state index in [4.69, 9.17) is 5.26 Å². The van der Waals surface area contributed by atoms with E-state index < -0.39 is 16.4 Å². The van der Waals surface area contributed by atoms with Gasteiger partial charge in [0.15, 0.2) is 0 Å². The number of nitriles is 1. The topological polar surface area (TPSA) is 96.0 Å². The maximum Gasteiger partial charge on any atom is 0.270 e. The summed E-state index contributed by atoms with van der Waals surface area (Å²) in [5, 5.41) is 22.0. The summed E-state index contributed by atoms with van der Waals surface area (Å²) in [6, 6.07) is 7.46. The Balaban J connectivity index is 2.17. The molecule has 1 aromatic rings. The van der Waals surface area contributed by atoms with Crippen LogP contribution in [-0.2, 0) is 0 Å². The summed E-state index contributed by atoms with van der Waals surface area (Å²) in [5.74, 6) is -0.451. The molecule has 6 heteroatoms. The normalized spacial score (nSPS) is 15.7. The van der Waals surface area contributed by atoms with Gasteiger partial charge in [-0.05, 0) is 18.9 Å². The van der Waals surface area contributed by atoms with Crippen molar-refractivity contribution in [1.82, 2.24) is 5.32 Å². The smallest absolute Gasteiger partial charge is 0.270 e. The average molecular weight is 231 g/mol. The van der Waals surface area contributed by atoms with Gasteiger partial charge in [0, 0.05) is 17.7 Å². The van der Waals surface area contributed by atoms with Crippen LogP contribution in [0.25, 0.3) is 0 Å². The minimum absolute atomic E-state index is 0.139. The Hall–Kier alpha value is -2.42. The minimum Gasteiger partial charge on any atom is -0.334 e. The summed E-state index contributed by atoms with van der Waals surface area (Å²) < 4.78 is 0. The van der Waals surface area contributed by atoms with Crippen molar-refractivity contribution in [1.29, 1.82) is 5.26 Å². The van der Waals surface area contributed by atoms with E-state index in [2.05, 4.69) is 5.32 Å². The molecule has 2 rings (SSSR count). The number of nitro groups is 1. The van der Waals surface area contributed by atoms with E-state index in [0.717, 1.165) is 0 Å². The van der Waals surface area contributed by atoms with Crippen LogP contribution in [0.15, 0.2) is 24.3 Å². The molecular weight excluding hydrogens is 222 g/mol. The van der Waals surface area contributed by atoms with E-state index >= 15 is 0 Å². The number of carbonyl (C=O) groups is 1. The van der Waals surface area contributed by atoms with Crippen molar-refractivity contribution < 1.29 is 9.72 Å². The van der Waals surface area contributed by atoms with Crippen LogP contribution >= 0.6 is 0 Å². The summed E-state index contributed by atoms with van der Waals surface area (Å²) in [7, 11) is 0. The first-order chi connectivity index (χ1) is 8.06. The lowest BCUT2D eigenvalue weighted by Gasteiger charge is -2.08. The van der Waals surface area contributed by atoms with Crippen molar-refractivity contribution in [3.05, 3.63) is 39.9 Å². The van der Waals surface area contributed by atoms with Crippen molar-refractivity contribution in [2.45, 2.75) is 18.4 Å². The van der Waals surface area contributed by atoms with Crippen LogP contribution in [0, 0.1) is 21.4 Å². The second-order valence-corrected chi connectivity index (χ2v) is 3.96. The van der Waals surface area contributed by atoms with Gasteiger partial charge >= 0.3 is 0 Å². The standard InChI is InChI=1S/C11H9N3O3/c12-7-11(4-5-11)13-10(15)8-2-1-3-9(6-8)14(16)17/h1-3,6H,4-5H2,(H,13,15). The molecule has 1 aliphatic carbocycles. The summed E-state index contributed by atoms with van der Waals surface area (Å²) in [5.41, 5.74) is -0.706. The molecule has 0 bridgehead atoms. The molecule has 0 unspecified atom stereocenters. The van der Waals surface area contributed by atoms with Gasteiger partial charge in [0.05, 0.1) is 11.0 Å². The summed E-state index contributed by atoms with van der Waals surface area (Å²) in [6.07, 6.45) is 1.26. The lowest BCUT2D eigenvalue weighted by molar-refractivity contribution is -0.384. The maximum absolute atomic E-state index is 11.7. The molecule has 1 aromatic carbocycles. The van der Waals surface area contributed by atoms with Gasteiger partial charge in [-0.2, -0.15) is 5.26 Å². The number of carbonyl (C=O) groups excluding carboxylic acids is 1. The van der Waals surface area contributed by atoms with Gasteiger partial charge in [-0.25, -0.2) is 0 Å². The van der Waals surface area contributed by atoms with Gasteiger partial charge in [-0.15, -0.1) is 0 Å². The highest BCUT2D eigenvalue weighted by atomic mass is 16.6. The minimum atomic E-state index is -0.762. The van der Waals surface area contributed by atoms with Gasteiger partial charge in [0.2, 0.25) is 0 Å². The Morgan fingerprint density at radius 3 is 2.76 bits per heavy atom. The monoisotopic (exact) mass is 231 g/mol. The molecule has 0 aliphatic heterocycles. The first-order valence-corrected chi connectivity index (χ1v) is 5.04. The van der Waals surface area contributed by atoms with Crippen molar-refractivity contribution in [2.24, 2.45) is 0 Å². The van der Waals surface area contributed by atoms with E-state index in [1.165, 1.54) is 24.3 Å². The van der Waals surface area contributed by atoms with Crippen LogP contribution < -0.4 is 5.32 Å². The molecule has 0 atom stereocenters. The highest BCUT2D eigenvalue weighted by molar-refractivity contribution is 5.95. The van der Waals surface area contributed by atoms with Crippen molar-refractivity contribution >= 4 is 11.6 Å². The third-order valence-electron chi connectivity index (χ3n) is 2.64. The molecule has 0 spiro atoms. The number of benzene rings is 1. The fourth-order valence-electron chi connectivity index (χ4n) is 1.44. The van der Waals surface area contributed by atoms with Gasteiger partial charge in [0.1, 0.15) is 5.54 Å². The Morgan fingerprint density at radius 2 is 2.24 bits per heavy atom. The fraction of sp³-hybridized carbons (Fsp3) is 0.273. The number of nitro benzene ring substituents is 1. The Bertz CT molecular complexity index is 529. The molecule has 0 aromatic heterocycles. The first-order valence-electron chi connectivity index (χ1n) is 5.04. The average Bonchev–Trinajstić information content (AvgIpc) is 3.09. The fourth-order valence-corrected chi connectivity index (χ4v) is 1.44. The molecule has 1 N–H and O–H groups in total. The second kappa shape index (κ2) is 3.87. The van der Waals surface area contributed by atoms with E-state index in [-0.39, 0.29) is 11.3 Å². The molecular formula is C11H9N3O3. The van der Waals surface area contributed by atoms with E-state index in [0.29, 0.717) is 12.8 Å². The molecule has 1 amide bonds. The second-order valence-electron chi connectivity index (χ2n) is 3.96. The van der Waals surface area contributed by atoms with Crippen LogP contribution in [0.1, 0.15) is 23.2 Å². The number of nitrogens with zero attached hydrogens (tertiary/aromatic N) is 2. The zero-order valence-electron chi connectivity index (χ0n) is 8.84. The van der Waals surface area contributed by atoms with Crippen LogP contribution in [0.5, 0.6) is 0 Å². The van der Waals surface area contributed by atoms with E-state index in [1.54, 1.807) is 0 Å². The molecule has 6 nitrogen and oxygen atoms in total. The molecule has 1 aliphatic rings. The van der Waals surface area contributed by atoms with Crippen molar-refractivity contribution in [2.75, 3.05) is 0 Å². The molecule has 1 saturated carbocycles. The number of hydrogen-bond donors (Lipinski definition) is 1. The van der Waals surface area contributed by atoms with Gasteiger partial charge in [-0.1, -0.05) is 6.07 Å². The largest absolute Gasteiger partial charge is 0.334 e. The van der Waals surface area contributed by atoms with Crippen molar-refractivity contribution in [3.8, 4) is 6.07 Å². The third-order valence-corrected chi connectivity index (χ3v) is 2.64. The maximum atomic E-state index is 11.7. The van der Waals surface area contributed by atoms with Crippen LogP contribution in [0.2, 0.25) is 0 Å². The highest BCUT2D eigenvalue weighted by Crippen LogP contribution is 2.34. The lowest BCUT2D eigenvalue weighted by Crippen LogP contribution is -2.35. The summed E-state index contributed by atoms with van der Waals surface area (Å²) >= 11 is 0. The van der Waals surface area contributed by atoms with Gasteiger partial charge in [0.25, 0.3) is 11.6 Å². The quantitative estimate of drug-likeness (QED) is 0.627. The Morgan fingerprint density at radius 1 is 1.53 bits per heavy atom. The van der Waals surface area contributed by atoms with Crippen LogP contribution in [-0.4, -0.2) is 16.4 Å². The molecule has 0 radical (unpaired) electrons. The van der Waals surface area contributed by atoms with Gasteiger partial charge in [-0.3, -0.25) is 14.9 Å². The van der Waals surface area contributed by atoms with Gasteiger partial charge < -0.3 is 5.32 Å². The third kappa shape index (κ3) is 2.23. The number of nitrogens with one attached hydrogen (secondary N) is 1.